The van der Waals surface area contributed by atoms with Crippen LogP contribution in [-0.2, 0) is 70.1 Å². The minimum absolute atomic E-state index is 0.0317. The van der Waals surface area contributed by atoms with Gasteiger partial charge < -0.3 is 55.0 Å². The number of hydrogen-bond acceptors (Lipinski definition) is 15. The maximum Gasteiger partial charge on any atom is 0.334 e. The molecule has 0 aromatic heterocycles. The minimum atomic E-state index is -1.67. The number of anilines is 1. The summed E-state index contributed by atoms with van der Waals surface area (Å²) in [6.07, 6.45) is 2.56. The first-order valence-corrected chi connectivity index (χ1v) is 31.3. The van der Waals surface area contributed by atoms with Crippen molar-refractivity contribution in [2.24, 2.45) is 23.5 Å². The second-order valence-electron chi connectivity index (χ2n) is 24.9. The van der Waals surface area contributed by atoms with E-state index in [4.69, 9.17) is 41.0 Å². The van der Waals surface area contributed by atoms with Crippen LogP contribution >= 0.6 is 27.5 Å². The van der Waals surface area contributed by atoms with E-state index in [0.29, 0.717) is 42.0 Å². The van der Waals surface area contributed by atoms with E-state index in [2.05, 4.69) is 33.1 Å². The Morgan fingerprint density at radius 1 is 1.07 bits per heavy atom. The van der Waals surface area contributed by atoms with E-state index >= 15 is 4.39 Å². The number of benzene rings is 2. The lowest BCUT2D eigenvalue weighted by Crippen LogP contribution is -2.53. The molecule has 10 atom stereocenters. The number of methoxy groups -OCH3 is 1. The van der Waals surface area contributed by atoms with Gasteiger partial charge in [0.05, 0.1) is 41.3 Å². The average Bonchev–Trinajstić information content (AvgIpc) is 1.96. The number of urea groups is 1. The number of aryl methyl sites for hydroxylation is 1. The van der Waals surface area contributed by atoms with Crippen molar-refractivity contribution in [3.05, 3.63) is 99.4 Å². The van der Waals surface area contributed by atoms with Gasteiger partial charge in [0, 0.05) is 76.2 Å². The summed E-state index contributed by atoms with van der Waals surface area (Å²) in [5.74, 6) is -7.55. The molecule has 3 aliphatic rings. The zero-order valence-electron chi connectivity index (χ0n) is 52.7. The third-order valence-electron chi connectivity index (χ3n) is 16.9. The molecule has 4 bridgehead atoms. The number of rotatable bonds is 25. The molecule has 23 heteroatoms. The fourth-order valence-electron chi connectivity index (χ4n) is 11.2. The molecule has 5 amide bonds. The molecule has 5 N–H and O–H groups in total. The number of nitrogens with zero attached hydrogens (tertiary/aromatic N) is 2. The van der Waals surface area contributed by atoms with E-state index < -0.39 is 137 Å². The number of fused-ring (bicyclic) bond motifs is 5. The highest BCUT2D eigenvalue weighted by Gasteiger charge is 2.64. The highest BCUT2D eigenvalue weighted by molar-refractivity contribution is 9.09. The maximum atomic E-state index is 16.2. The van der Waals surface area contributed by atoms with Crippen molar-refractivity contribution < 1.29 is 76.3 Å². The van der Waals surface area contributed by atoms with Crippen molar-refractivity contribution in [1.82, 2.24) is 15.5 Å². The second kappa shape index (κ2) is 31.4. The number of ether oxygens (including phenoxy) is 5. The number of carbonyl (C=O) groups is 9. The normalized spacial score (nSPS) is 24.3. The number of nitrogens with one attached hydrogen (secondary N) is 2. The Balaban J connectivity index is 1.31. The van der Waals surface area contributed by atoms with Gasteiger partial charge in [-0.15, -0.1) is 0 Å². The van der Waals surface area contributed by atoms with Crippen molar-refractivity contribution in [1.29, 1.82) is 0 Å². The number of allylic oxidation sites excluding steroid dienone is 3. The number of aliphatic hydroxyl groups is 1. The number of alkyl halides is 1. The number of primary amides is 1. The van der Waals surface area contributed by atoms with Gasteiger partial charge in [-0.2, -0.15) is 0 Å². The van der Waals surface area contributed by atoms with Crippen molar-refractivity contribution in [3.63, 3.8) is 0 Å². The van der Waals surface area contributed by atoms with Crippen LogP contribution in [0.15, 0.2) is 66.3 Å². The number of ketones is 2. The van der Waals surface area contributed by atoms with Gasteiger partial charge in [0.25, 0.3) is 5.91 Å². The van der Waals surface area contributed by atoms with Crippen LogP contribution in [0.4, 0.5) is 14.9 Å². The zero-order chi connectivity index (χ0) is 65.7. The Kier molecular flexibility index (Phi) is 25.9. The number of esters is 3. The average molecular weight is 1310 g/mol. The van der Waals surface area contributed by atoms with Gasteiger partial charge in [-0.3, -0.25) is 28.8 Å². The van der Waals surface area contributed by atoms with Crippen LogP contribution in [0, 0.1) is 30.5 Å². The molecule has 88 heavy (non-hydrogen) atoms. The van der Waals surface area contributed by atoms with Gasteiger partial charge in [0.1, 0.15) is 52.8 Å². The van der Waals surface area contributed by atoms with Crippen molar-refractivity contribution in [2.45, 2.75) is 193 Å². The van der Waals surface area contributed by atoms with Gasteiger partial charge in [0.2, 0.25) is 11.8 Å². The largest absolute Gasteiger partial charge is 0.462 e. The summed E-state index contributed by atoms with van der Waals surface area (Å²) < 4.78 is 45.8. The number of carbonyl (C=O) groups excluding carboxylic acids is 9. The first-order valence-electron chi connectivity index (χ1n) is 29.8. The van der Waals surface area contributed by atoms with E-state index in [1.807, 2.05) is 26.0 Å². The fraction of sp³-hybridized carbons (Fsp3) is 0.585. The molecular formula is C65H88BrClFN5O15. The predicted molar refractivity (Wildman–Crippen MR) is 333 cm³/mol. The van der Waals surface area contributed by atoms with Crippen LogP contribution in [0.3, 0.4) is 0 Å². The first-order chi connectivity index (χ1) is 41.1. The van der Waals surface area contributed by atoms with Crippen molar-refractivity contribution in [3.8, 4) is 0 Å². The molecule has 0 spiro atoms. The minimum Gasteiger partial charge on any atom is -0.462 e. The molecule has 484 valence electrons. The topological polar surface area (TPSA) is 280 Å². The SMILES string of the molecule is C=C(CBr)C(=O)OC(C)(C)CCCCC(=O)C[C@H](C(=O)N[C@@H](CCCNC(N)=O)C(=O)Cc1ccc(C(=O)N(C)[C@@H](C)C(=O)O[C@H]2CC(=O)N(C)c3cc(cc(C)c3Cl)C/C(C)=C/C=C/[C@@H](OC)[C@]3(O)CC(=O)O[C@@H](C3)[C@@H](C)[C@@H]3O[C@@]23C)c(F)c1)C(C)C. The first kappa shape index (κ1) is 72.4. The summed E-state index contributed by atoms with van der Waals surface area (Å²) in [5.41, 5.74) is 4.29. The number of amides is 5. The highest BCUT2D eigenvalue weighted by atomic mass is 79.9. The van der Waals surface area contributed by atoms with E-state index in [-0.39, 0.29) is 73.2 Å². The van der Waals surface area contributed by atoms with E-state index in [1.165, 1.54) is 38.1 Å². The summed E-state index contributed by atoms with van der Waals surface area (Å²) in [6.45, 7) is 19.4. The molecule has 0 saturated carbocycles. The Morgan fingerprint density at radius 3 is 2.40 bits per heavy atom. The number of likely N-dealkylation sites (N-methyl/N-ethyl adjacent to an activating group) is 1. The lowest BCUT2D eigenvalue weighted by Gasteiger charge is -2.41. The standard InChI is InChI=1S/C65H88BrClFN5O15/c1-36(2)46(31-44(74)19-14-15-24-63(8,9)88-60(80)39(5)35-66)58(78)71-48(20-17-25-70-62(69)82)50(75)30-42-22-23-45(47(68)28-42)59(79)72(11)41(7)61(81)86-53-32-54(76)73(12)49-29-43(27-38(4)56(49)67)26-37(3)18-16-21-52(84-13)65(83)33-51(85-55(77)34-65)40(6)57-64(53,10)87-57/h16,18,21-23,27-29,36,40-41,46,48,51-53,57,83H,5,14-15,17,19-20,24-26,30-35H2,1-4,6-13H3,(H,71,78)(H3,69,70,82)/b21-16+,37-18+/t40-,41+,46+,48+,51+,52-,53+,57+,64+,65-/m1/s1. The lowest BCUT2D eigenvalue weighted by atomic mass is 9.78. The summed E-state index contributed by atoms with van der Waals surface area (Å²) in [6, 6.07) is 3.96. The molecule has 2 aromatic carbocycles. The summed E-state index contributed by atoms with van der Waals surface area (Å²) in [7, 11) is 4.26. The second-order valence-corrected chi connectivity index (χ2v) is 25.8. The molecule has 2 aromatic rings. The third-order valence-corrected chi connectivity index (χ3v) is 18.1. The molecule has 0 aliphatic carbocycles. The quantitative estimate of drug-likeness (QED) is 0.0181. The summed E-state index contributed by atoms with van der Waals surface area (Å²) in [5, 5.41) is 17.9. The Bertz CT molecular complexity index is 3030. The molecule has 0 unspecified atom stereocenters. The van der Waals surface area contributed by atoms with Crippen LogP contribution in [0.1, 0.15) is 147 Å². The van der Waals surface area contributed by atoms with E-state index in [1.54, 1.807) is 66.8 Å². The Morgan fingerprint density at radius 2 is 1.76 bits per heavy atom. The Labute approximate surface area is 529 Å². The van der Waals surface area contributed by atoms with Crippen molar-refractivity contribution >= 4 is 86.4 Å². The number of halogens is 3. The monoisotopic (exact) mass is 1310 g/mol. The van der Waals surface area contributed by atoms with Crippen LogP contribution in [0.2, 0.25) is 5.02 Å². The van der Waals surface area contributed by atoms with Crippen LogP contribution in [0.5, 0.6) is 0 Å². The fourth-order valence-corrected chi connectivity index (χ4v) is 11.7. The summed E-state index contributed by atoms with van der Waals surface area (Å²) in [4.78, 5) is 123. The predicted octanol–water partition coefficient (Wildman–Crippen LogP) is 8.63. The Hall–Kier alpha value is -6.33. The number of nitrogens with two attached hydrogens (primary N) is 1. The maximum absolute atomic E-state index is 16.2. The number of unbranched alkanes of at least 4 members (excludes halogenated alkanes) is 1. The van der Waals surface area contributed by atoms with E-state index in [0.717, 1.165) is 22.1 Å². The molecule has 2 fully saturated rings. The summed E-state index contributed by atoms with van der Waals surface area (Å²) >= 11 is 10.1. The van der Waals surface area contributed by atoms with Crippen LogP contribution in [-0.4, -0.2) is 150 Å². The number of epoxide rings is 1. The molecule has 0 radical (unpaired) electrons. The van der Waals surface area contributed by atoms with Gasteiger partial charge in [-0.25, -0.2) is 18.8 Å². The third kappa shape index (κ3) is 19.3. The number of hydrogen-bond donors (Lipinski definition) is 4. The number of Topliss-reactive ketones (excluding diaryl/α,β-unsaturated/α-hetero) is 2. The lowest BCUT2D eigenvalue weighted by molar-refractivity contribution is -0.187. The van der Waals surface area contributed by atoms with Crippen LogP contribution < -0.4 is 21.3 Å². The van der Waals surface area contributed by atoms with Gasteiger partial charge in [-0.05, 0) is 121 Å². The van der Waals surface area contributed by atoms with Gasteiger partial charge in [0.15, 0.2) is 5.78 Å². The molecular weight excluding hydrogens is 1230 g/mol. The molecule has 3 heterocycles. The van der Waals surface area contributed by atoms with Crippen molar-refractivity contribution in [2.75, 3.05) is 38.0 Å². The highest BCUT2D eigenvalue weighted by Crippen LogP contribution is 2.50. The zero-order valence-corrected chi connectivity index (χ0v) is 55.0. The molecule has 2 saturated heterocycles. The smallest absolute Gasteiger partial charge is 0.334 e. The molecule has 5 rings (SSSR count). The van der Waals surface area contributed by atoms with Crippen LogP contribution in [0.25, 0.3) is 0 Å². The molecule has 3 aliphatic heterocycles. The van der Waals surface area contributed by atoms with Gasteiger partial charge in [-0.1, -0.05) is 90.8 Å². The molecule has 20 nitrogen and oxygen atoms in total. The van der Waals surface area contributed by atoms with E-state index in [9.17, 15) is 48.3 Å². The van der Waals surface area contributed by atoms with Gasteiger partial charge >= 0.3 is 23.9 Å².